The second-order valence-electron chi connectivity index (χ2n) is 2.38. The third-order valence-corrected chi connectivity index (χ3v) is 1.86. The van der Waals surface area contributed by atoms with Crippen molar-refractivity contribution in [2.75, 3.05) is 0 Å². The fourth-order valence-electron chi connectivity index (χ4n) is 1.20. The van der Waals surface area contributed by atoms with E-state index in [2.05, 4.69) is 13.3 Å². The van der Waals surface area contributed by atoms with Gasteiger partial charge in [0, 0.05) is 0 Å². The van der Waals surface area contributed by atoms with Crippen molar-refractivity contribution in [3.63, 3.8) is 0 Å². The van der Waals surface area contributed by atoms with Gasteiger partial charge in [0.1, 0.15) is 0 Å². The van der Waals surface area contributed by atoms with Crippen molar-refractivity contribution in [1.82, 2.24) is 0 Å². The molecule has 1 fully saturated rings. The van der Waals surface area contributed by atoms with Crippen LogP contribution in [0.25, 0.3) is 0 Å². The third kappa shape index (κ3) is 4.62. The van der Waals surface area contributed by atoms with Crippen LogP contribution in [0.2, 0.25) is 0 Å². The molecule has 0 N–H and O–H groups in total. The van der Waals surface area contributed by atoms with Gasteiger partial charge in [-0.1, -0.05) is 25.7 Å². The van der Waals surface area contributed by atoms with Crippen molar-refractivity contribution in [2.45, 2.75) is 32.6 Å². The van der Waals surface area contributed by atoms with Gasteiger partial charge in [-0.15, -0.1) is 0 Å². The summed E-state index contributed by atoms with van der Waals surface area (Å²) in [6, 6.07) is 0. The van der Waals surface area contributed by atoms with Crippen LogP contribution in [0.1, 0.15) is 32.6 Å². The molecular formula is C7H13BrMg. The topological polar surface area (TPSA) is 0 Å². The van der Waals surface area contributed by atoms with Crippen molar-refractivity contribution >= 4 is 23.1 Å². The fraction of sp³-hybridized carbons (Fsp3) is 0.857. The molecule has 1 aliphatic rings. The molecule has 0 saturated heterocycles. The third-order valence-electron chi connectivity index (χ3n) is 1.86. The van der Waals surface area contributed by atoms with Crippen molar-refractivity contribution in [2.24, 2.45) is 5.92 Å². The van der Waals surface area contributed by atoms with Crippen LogP contribution in [-0.4, -0.2) is 23.1 Å². The second kappa shape index (κ2) is 7.35. The number of hydrogen-bond donors (Lipinski definition) is 0. The first-order chi connectivity index (χ1) is 3.43. The number of hydrogen-bond acceptors (Lipinski definition) is 0. The minimum absolute atomic E-state index is 0. The second-order valence-corrected chi connectivity index (χ2v) is 2.38. The van der Waals surface area contributed by atoms with Gasteiger partial charge in [0.05, 0.1) is 0 Å². The van der Waals surface area contributed by atoms with Crippen molar-refractivity contribution in [3.05, 3.63) is 6.42 Å². The first kappa shape index (κ1) is 12.9. The van der Waals surface area contributed by atoms with E-state index < -0.39 is 0 Å². The number of rotatable bonds is 1. The van der Waals surface area contributed by atoms with Crippen molar-refractivity contribution in [3.8, 4) is 0 Å². The van der Waals surface area contributed by atoms with Crippen LogP contribution in [-0.2, 0) is 0 Å². The normalized spacial score (nSPS) is 24.3. The summed E-state index contributed by atoms with van der Waals surface area (Å²) in [5, 5.41) is 0. The van der Waals surface area contributed by atoms with Gasteiger partial charge < -0.3 is 23.4 Å². The molecule has 0 heterocycles. The average molecular weight is 201 g/mol. The average Bonchev–Trinajstić information content (AvgIpc) is 2.14. The molecule has 2 heteroatoms. The van der Waals surface area contributed by atoms with E-state index in [0.717, 1.165) is 5.92 Å². The summed E-state index contributed by atoms with van der Waals surface area (Å²) in [6.45, 7) is 2.28. The summed E-state index contributed by atoms with van der Waals surface area (Å²) < 4.78 is 0. The van der Waals surface area contributed by atoms with Crippen LogP contribution < -0.4 is 17.0 Å². The maximum atomic E-state index is 2.41. The molecular weight excluding hydrogens is 188 g/mol. The summed E-state index contributed by atoms with van der Waals surface area (Å²) >= 11 is 0. The van der Waals surface area contributed by atoms with Crippen molar-refractivity contribution < 1.29 is 17.0 Å². The monoisotopic (exact) mass is 200 g/mol. The molecule has 0 aromatic carbocycles. The fourth-order valence-corrected chi connectivity index (χ4v) is 1.20. The van der Waals surface area contributed by atoms with E-state index >= 15 is 0 Å². The van der Waals surface area contributed by atoms with E-state index in [-0.39, 0.29) is 40.0 Å². The van der Waals surface area contributed by atoms with Crippen LogP contribution in [0.5, 0.6) is 0 Å². The predicted molar refractivity (Wildman–Crippen MR) is 37.7 cm³/mol. The summed E-state index contributed by atoms with van der Waals surface area (Å²) in [5.41, 5.74) is 0. The Morgan fingerprint density at radius 2 is 2.22 bits per heavy atom. The van der Waals surface area contributed by atoms with E-state index in [9.17, 15) is 0 Å². The summed E-state index contributed by atoms with van der Waals surface area (Å²) in [6.07, 6.45) is 8.01. The zero-order chi connectivity index (χ0) is 5.11. The summed E-state index contributed by atoms with van der Waals surface area (Å²) in [7, 11) is 0. The molecule has 50 valence electrons. The maximum Gasteiger partial charge on any atom is 2.00 e. The Balaban J connectivity index is 0. The van der Waals surface area contributed by atoms with Gasteiger partial charge in [-0.25, -0.2) is 0 Å². The Labute approximate surface area is 84.7 Å². The van der Waals surface area contributed by atoms with E-state index in [1.54, 1.807) is 0 Å². The first-order valence-corrected chi connectivity index (χ1v) is 3.25. The molecule has 1 saturated carbocycles. The molecule has 0 aromatic rings. The summed E-state index contributed by atoms with van der Waals surface area (Å²) in [4.78, 5) is 0. The van der Waals surface area contributed by atoms with Gasteiger partial charge in [-0.05, 0) is 0 Å². The van der Waals surface area contributed by atoms with Gasteiger partial charge >= 0.3 is 23.1 Å². The van der Waals surface area contributed by atoms with Gasteiger partial charge in [-0.3, -0.25) is 0 Å². The molecule has 1 atom stereocenters. The van der Waals surface area contributed by atoms with E-state index in [1.165, 1.54) is 25.7 Å². The van der Waals surface area contributed by atoms with Crippen LogP contribution in [0.3, 0.4) is 0 Å². The Bertz CT molecular complexity index is 50.9. The molecule has 0 nitrogen and oxygen atoms in total. The molecule has 1 rings (SSSR count). The zero-order valence-electron chi connectivity index (χ0n) is 6.07. The first-order valence-electron chi connectivity index (χ1n) is 3.25. The van der Waals surface area contributed by atoms with Gasteiger partial charge in [0.25, 0.3) is 0 Å². The molecule has 0 amide bonds. The molecule has 0 bridgehead atoms. The largest absolute Gasteiger partial charge is 2.00 e. The number of halogens is 1. The smallest absolute Gasteiger partial charge is 1.00 e. The Morgan fingerprint density at radius 1 is 1.56 bits per heavy atom. The van der Waals surface area contributed by atoms with Gasteiger partial charge in [0.15, 0.2) is 0 Å². The quantitative estimate of drug-likeness (QED) is 0.378. The Hall–Kier alpha value is 1.25. The standard InChI is InChI=1S/C7H13.BrH.Mg/c1-2-7-5-3-4-6-7;;/h3,7H,2,4-6H2,1H3;1H;/q-1;;+2/p-1. The molecule has 0 aliphatic heterocycles. The van der Waals surface area contributed by atoms with Crippen LogP contribution >= 0.6 is 0 Å². The van der Waals surface area contributed by atoms with E-state index in [1.807, 2.05) is 0 Å². The zero-order valence-corrected chi connectivity index (χ0v) is 9.07. The molecule has 0 radical (unpaired) electrons. The molecule has 0 spiro atoms. The summed E-state index contributed by atoms with van der Waals surface area (Å²) in [5.74, 6) is 1.04. The molecule has 1 aliphatic carbocycles. The molecule has 0 aromatic heterocycles. The van der Waals surface area contributed by atoms with Crippen LogP contribution in [0, 0.1) is 12.3 Å². The van der Waals surface area contributed by atoms with Gasteiger partial charge in [-0.2, -0.15) is 12.8 Å². The molecule has 1 unspecified atom stereocenters. The Kier molecular flexibility index (Phi) is 10.5. The maximum absolute atomic E-state index is 2.41. The van der Waals surface area contributed by atoms with Crippen molar-refractivity contribution in [1.29, 1.82) is 0 Å². The Morgan fingerprint density at radius 3 is 2.44 bits per heavy atom. The van der Waals surface area contributed by atoms with Crippen LogP contribution in [0.4, 0.5) is 0 Å². The van der Waals surface area contributed by atoms with Crippen LogP contribution in [0.15, 0.2) is 0 Å². The van der Waals surface area contributed by atoms with Gasteiger partial charge in [0.2, 0.25) is 0 Å². The predicted octanol–water partition coefficient (Wildman–Crippen LogP) is -0.976. The van der Waals surface area contributed by atoms with E-state index in [4.69, 9.17) is 0 Å². The molecule has 9 heavy (non-hydrogen) atoms. The minimum atomic E-state index is 0. The van der Waals surface area contributed by atoms with E-state index in [0.29, 0.717) is 0 Å². The SMILES string of the molecule is CCC1C[CH-]CC1.[Br-].[Mg+2]. The minimum Gasteiger partial charge on any atom is -1.00 e.